The summed E-state index contributed by atoms with van der Waals surface area (Å²) in [5, 5.41) is 6.75. The predicted molar refractivity (Wildman–Crippen MR) is 53.2 cm³/mol. The van der Waals surface area contributed by atoms with E-state index in [1.54, 1.807) is 6.20 Å². The quantitative estimate of drug-likeness (QED) is 0.692. The molecule has 2 aromatic rings. The lowest BCUT2D eigenvalue weighted by molar-refractivity contribution is 1.09. The number of nitrogens with two attached hydrogens (primary N) is 1. The van der Waals surface area contributed by atoms with E-state index < -0.39 is 0 Å². The molecule has 66 valence electrons. The van der Waals surface area contributed by atoms with Crippen molar-refractivity contribution in [1.29, 1.82) is 0 Å². The summed E-state index contributed by atoms with van der Waals surface area (Å²) in [5.74, 6) is 0. The third-order valence-corrected chi connectivity index (χ3v) is 1.98. The molecule has 2 rings (SSSR count). The van der Waals surface area contributed by atoms with Crippen LogP contribution in [0.15, 0.2) is 30.5 Å². The van der Waals surface area contributed by atoms with Crippen LogP contribution >= 0.6 is 0 Å². The van der Waals surface area contributed by atoms with Crippen molar-refractivity contribution >= 4 is 5.69 Å². The Morgan fingerprint density at radius 1 is 1.38 bits per heavy atom. The topological polar surface area (TPSA) is 54.7 Å². The highest BCUT2D eigenvalue weighted by molar-refractivity contribution is 5.71. The van der Waals surface area contributed by atoms with E-state index >= 15 is 0 Å². The smallest absolute Gasteiger partial charge is 0.0880 e. The first kappa shape index (κ1) is 7.86. The lowest BCUT2D eigenvalue weighted by Crippen LogP contribution is -1.86. The number of H-pyrrole nitrogens is 1. The number of nitrogens with one attached hydrogen (secondary N) is 1. The van der Waals surface area contributed by atoms with Crippen LogP contribution in [0.1, 0.15) is 5.56 Å². The fourth-order valence-corrected chi connectivity index (χ4v) is 1.33. The summed E-state index contributed by atoms with van der Waals surface area (Å²) >= 11 is 0. The van der Waals surface area contributed by atoms with Crippen molar-refractivity contribution in [2.24, 2.45) is 0 Å². The number of rotatable bonds is 1. The molecule has 3 N–H and O–H groups in total. The van der Waals surface area contributed by atoms with Crippen molar-refractivity contribution in [3.05, 3.63) is 36.0 Å². The van der Waals surface area contributed by atoms with E-state index in [0.29, 0.717) is 5.69 Å². The summed E-state index contributed by atoms with van der Waals surface area (Å²) in [5.41, 5.74) is 9.60. The molecule has 0 spiro atoms. The lowest BCUT2D eigenvalue weighted by Gasteiger charge is -1.99. The normalized spacial score (nSPS) is 10.2. The molecule has 0 aliphatic heterocycles. The summed E-state index contributed by atoms with van der Waals surface area (Å²) in [6.07, 6.45) is 1.62. The van der Waals surface area contributed by atoms with Crippen molar-refractivity contribution in [3.63, 3.8) is 0 Å². The average molecular weight is 173 g/mol. The molecule has 3 nitrogen and oxygen atoms in total. The maximum atomic E-state index is 5.73. The molecule has 0 amide bonds. The molecular weight excluding hydrogens is 162 g/mol. The SMILES string of the molecule is Cc1cccc(-c2[nH]ncc2N)c1. The molecule has 1 aromatic heterocycles. The summed E-state index contributed by atoms with van der Waals surface area (Å²) in [6.45, 7) is 2.05. The summed E-state index contributed by atoms with van der Waals surface area (Å²) in [6, 6.07) is 8.14. The number of aromatic nitrogens is 2. The van der Waals surface area contributed by atoms with Crippen LogP contribution in [-0.2, 0) is 0 Å². The largest absolute Gasteiger partial charge is 0.396 e. The van der Waals surface area contributed by atoms with Crippen LogP contribution in [0.5, 0.6) is 0 Å². The third kappa shape index (κ3) is 1.40. The highest BCUT2D eigenvalue weighted by atomic mass is 15.1. The number of nitrogens with zero attached hydrogens (tertiary/aromatic N) is 1. The van der Waals surface area contributed by atoms with Gasteiger partial charge in [-0.25, -0.2) is 0 Å². The molecule has 13 heavy (non-hydrogen) atoms. The minimum atomic E-state index is 0.686. The molecule has 0 saturated heterocycles. The van der Waals surface area contributed by atoms with E-state index in [4.69, 9.17) is 5.73 Å². The Balaban J connectivity index is 2.53. The molecule has 0 saturated carbocycles. The number of hydrogen-bond acceptors (Lipinski definition) is 2. The van der Waals surface area contributed by atoms with Gasteiger partial charge in [-0.2, -0.15) is 5.10 Å². The maximum absolute atomic E-state index is 5.73. The molecule has 1 heterocycles. The van der Waals surface area contributed by atoms with E-state index in [0.717, 1.165) is 11.3 Å². The standard InChI is InChI=1S/C10H11N3/c1-7-3-2-4-8(5-7)10-9(11)6-12-13-10/h2-6H,11H2,1H3,(H,12,13). The minimum absolute atomic E-state index is 0.686. The second-order valence-electron chi connectivity index (χ2n) is 3.07. The number of aromatic amines is 1. The average Bonchev–Trinajstić information content (AvgIpc) is 2.51. The van der Waals surface area contributed by atoms with Gasteiger partial charge in [0.25, 0.3) is 0 Å². The van der Waals surface area contributed by atoms with Crippen molar-refractivity contribution in [3.8, 4) is 11.3 Å². The van der Waals surface area contributed by atoms with E-state index in [1.807, 2.05) is 12.1 Å². The van der Waals surface area contributed by atoms with Crippen LogP contribution in [0.25, 0.3) is 11.3 Å². The second-order valence-corrected chi connectivity index (χ2v) is 3.07. The van der Waals surface area contributed by atoms with E-state index in [9.17, 15) is 0 Å². The highest BCUT2D eigenvalue weighted by Crippen LogP contribution is 2.22. The fraction of sp³-hybridized carbons (Fsp3) is 0.100. The summed E-state index contributed by atoms with van der Waals surface area (Å²) < 4.78 is 0. The van der Waals surface area contributed by atoms with Crippen molar-refractivity contribution in [2.45, 2.75) is 6.92 Å². The first-order chi connectivity index (χ1) is 6.27. The van der Waals surface area contributed by atoms with Crippen molar-refractivity contribution < 1.29 is 0 Å². The summed E-state index contributed by atoms with van der Waals surface area (Å²) in [7, 11) is 0. The van der Waals surface area contributed by atoms with Crippen LogP contribution in [0.2, 0.25) is 0 Å². The van der Waals surface area contributed by atoms with Crippen LogP contribution in [-0.4, -0.2) is 10.2 Å². The van der Waals surface area contributed by atoms with Crippen molar-refractivity contribution in [2.75, 3.05) is 5.73 Å². The first-order valence-electron chi connectivity index (χ1n) is 4.13. The predicted octanol–water partition coefficient (Wildman–Crippen LogP) is 1.97. The Morgan fingerprint density at radius 2 is 2.23 bits per heavy atom. The number of nitrogen functional groups attached to an aromatic ring is 1. The molecule has 0 aliphatic rings. The molecule has 0 radical (unpaired) electrons. The van der Waals surface area contributed by atoms with Crippen LogP contribution in [0, 0.1) is 6.92 Å². The molecule has 0 aliphatic carbocycles. The fourth-order valence-electron chi connectivity index (χ4n) is 1.33. The Kier molecular flexibility index (Phi) is 1.77. The van der Waals surface area contributed by atoms with Gasteiger partial charge < -0.3 is 5.73 Å². The molecule has 3 heteroatoms. The third-order valence-electron chi connectivity index (χ3n) is 1.98. The van der Waals surface area contributed by atoms with Crippen LogP contribution in [0.4, 0.5) is 5.69 Å². The number of aryl methyl sites for hydroxylation is 1. The van der Waals surface area contributed by atoms with Gasteiger partial charge in [0.05, 0.1) is 17.6 Å². The molecule has 0 fully saturated rings. The highest BCUT2D eigenvalue weighted by Gasteiger charge is 2.03. The lowest BCUT2D eigenvalue weighted by atomic mass is 10.1. The van der Waals surface area contributed by atoms with Gasteiger partial charge in [0.2, 0.25) is 0 Å². The van der Waals surface area contributed by atoms with Gasteiger partial charge in [0, 0.05) is 5.56 Å². The summed E-state index contributed by atoms with van der Waals surface area (Å²) in [4.78, 5) is 0. The number of benzene rings is 1. The van der Waals surface area contributed by atoms with E-state index in [2.05, 4.69) is 29.3 Å². The van der Waals surface area contributed by atoms with Gasteiger partial charge in [-0.3, -0.25) is 5.10 Å². The zero-order chi connectivity index (χ0) is 9.26. The molecule has 0 unspecified atom stereocenters. The van der Waals surface area contributed by atoms with Gasteiger partial charge in [-0.05, 0) is 13.0 Å². The van der Waals surface area contributed by atoms with Crippen LogP contribution in [0.3, 0.4) is 0 Å². The van der Waals surface area contributed by atoms with Gasteiger partial charge in [0.15, 0.2) is 0 Å². The monoisotopic (exact) mass is 173 g/mol. The molecule has 0 atom stereocenters. The second kappa shape index (κ2) is 2.94. The Morgan fingerprint density at radius 3 is 2.85 bits per heavy atom. The first-order valence-corrected chi connectivity index (χ1v) is 4.13. The van der Waals surface area contributed by atoms with Gasteiger partial charge >= 0.3 is 0 Å². The molecular formula is C10H11N3. The zero-order valence-corrected chi connectivity index (χ0v) is 7.41. The molecule has 1 aromatic carbocycles. The van der Waals surface area contributed by atoms with Gasteiger partial charge in [-0.1, -0.05) is 23.8 Å². The molecule has 0 bridgehead atoms. The van der Waals surface area contributed by atoms with Crippen molar-refractivity contribution in [1.82, 2.24) is 10.2 Å². The zero-order valence-electron chi connectivity index (χ0n) is 7.41. The van der Waals surface area contributed by atoms with E-state index in [1.165, 1.54) is 5.56 Å². The maximum Gasteiger partial charge on any atom is 0.0880 e. The van der Waals surface area contributed by atoms with Gasteiger partial charge in [-0.15, -0.1) is 0 Å². The Labute approximate surface area is 76.6 Å². The van der Waals surface area contributed by atoms with Crippen LogP contribution < -0.4 is 5.73 Å². The van der Waals surface area contributed by atoms with E-state index in [-0.39, 0.29) is 0 Å². The minimum Gasteiger partial charge on any atom is -0.396 e. The Hall–Kier alpha value is -1.77. The number of anilines is 1. The van der Waals surface area contributed by atoms with Gasteiger partial charge in [0.1, 0.15) is 0 Å². The Bertz CT molecular complexity index is 418. The number of hydrogen-bond donors (Lipinski definition) is 2.